The van der Waals surface area contributed by atoms with Gasteiger partial charge in [-0.1, -0.05) is 6.07 Å². The van der Waals surface area contributed by atoms with E-state index in [1.54, 1.807) is 6.07 Å². The van der Waals surface area contributed by atoms with Gasteiger partial charge in [-0.25, -0.2) is 0 Å². The zero-order valence-corrected chi connectivity index (χ0v) is 10.6. The van der Waals surface area contributed by atoms with Crippen molar-refractivity contribution in [1.29, 1.82) is 0 Å². The van der Waals surface area contributed by atoms with Crippen LogP contribution in [0.3, 0.4) is 0 Å². The molecule has 5 heteroatoms. The first-order chi connectivity index (χ1) is 9.54. The van der Waals surface area contributed by atoms with Crippen molar-refractivity contribution < 1.29 is 25.2 Å². The fraction of sp³-hybridized carbons (Fsp3) is 0.200. The van der Waals surface area contributed by atoms with Crippen LogP contribution in [0, 0.1) is 0 Å². The van der Waals surface area contributed by atoms with E-state index >= 15 is 0 Å². The van der Waals surface area contributed by atoms with Crippen molar-refractivity contribution in [3.05, 3.63) is 41.5 Å². The number of hydrogen-bond donors (Lipinski definition) is 4. The quantitative estimate of drug-likeness (QED) is 0.600. The van der Waals surface area contributed by atoms with Gasteiger partial charge in [0.05, 0.1) is 0 Å². The van der Waals surface area contributed by atoms with Gasteiger partial charge in [-0.3, -0.25) is 0 Å². The van der Waals surface area contributed by atoms with Crippen LogP contribution in [-0.2, 0) is 6.42 Å². The Labute approximate surface area is 115 Å². The molecule has 2 aromatic carbocycles. The molecular formula is C15H14O5. The highest BCUT2D eigenvalue weighted by atomic mass is 16.5. The zero-order valence-electron chi connectivity index (χ0n) is 10.6. The van der Waals surface area contributed by atoms with Crippen LogP contribution in [0.25, 0.3) is 0 Å². The van der Waals surface area contributed by atoms with Crippen LogP contribution in [0.4, 0.5) is 0 Å². The van der Waals surface area contributed by atoms with E-state index in [9.17, 15) is 20.4 Å². The molecule has 0 amide bonds. The van der Waals surface area contributed by atoms with Gasteiger partial charge in [0.15, 0.2) is 11.5 Å². The fourth-order valence-corrected chi connectivity index (χ4v) is 2.44. The Hall–Kier alpha value is -2.56. The van der Waals surface area contributed by atoms with Gasteiger partial charge in [0, 0.05) is 17.7 Å². The Bertz CT molecular complexity index is 666. The third-order valence-corrected chi connectivity index (χ3v) is 3.47. The average Bonchev–Trinajstić information content (AvgIpc) is 2.41. The summed E-state index contributed by atoms with van der Waals surface area (Å²) in [5, 5.41) is 38.1. The third kappa shape index (κ3) is 2.07. The summed E-state index contributed by atoms with van der Waals surface area (Å²) in [5.41, 5.74) is 1.40. The van der Waals surface area contributed by atoms with E-state index in [4.69, 9.17) is 4.74 Å². The number of ether oxygens (including phenoxy) is 1. The molecule has 1 aliphatic heterocycles. The fourth-order valence-electron chi connectivity index (χ4n) is 2.44. The zero-order chi connectivity index (χ0) is 14.3. The van der Waals surface area contributed by atoms with Gasteiger partial charge in [-0.05, 0) is 30.5 Å². The Balaban J connectivity index is 1.93. The lowest BCUT2D eigenvalue weighted by atomic mass is 9.96. The van der Waals surface area contributed by atoms with Crippen molar-refractivity contribution in [3.63, 3.8) is 0 Å². The van der Waals surface area contributed by atoms with Gasteiger partial charge in [0.1, 0.15) is 23.4 Å². The van der Waals surface area contributed by atoms with E-state index in [2.05, 4.69) is 0 Å². The van der Waals surface area contributed by atoms with E-state index in [1.165, 1.54) is 24.3 Å². The molecule has 3 rings (SSSR count). The van der Waals surface area contributed by atoms with Gasteiger partial charge in [-0.2, -0.15) is 0 Å². The molecule has 20 heavy (non-hydrogen) atoms. The lowest BCUT2D eigenvalue weighted by Gasteiger charge is -2.27. The molecule has 1 aliphatic rings. The minimum absolute atomic E-state index is 0.0204. The summed E-state index contributed by atoms with van der Waals surface area (Å²) < 4.78 is 5.76. The van der Waals surface area contributed by atoms with Crippen LogP contribution >= 0.6 is 0 Å². The van der Waals surface area contributed by atoms with Crippen LogP contribution in [0.2, 0.25) is 0 Å². The molecule has 0 radical (unpaired) electrons. The van der Waals surface area contributed by atoms with E-state index in [0.29, 0.717) is 24.2 Å². The summed E-state index contributed by atoms with van der Waals surface area (Å²) in [5.74, 6) is 0.0182. The molecule has 0 fully saturated rings. The Morgan fingerprint density at radius 3 is 2.45 bits per heavy atom. The predicted molar refractivity (Wildman–Crippen MR) is 71.2 cm³/mol. The molecule has 5 nitrogen and oxygen atoms in total. The van der Waals surface area contributed by atoms with Crippen molar-refractivity contribution >= 4 is 0 Å². The van der Waals surface area contributed by atoms with Crippen LogP contribution in [0.1, 0.15) is 23.7 Å². The minimum atomic E-state index is -0.296. The van der Waals surface area contributed by atoms with Crippen LogP contribution < -0.4 is 4.74 Å². The lowest BCUT2D eigenvalue weighted by molar-refractivity contribution is 0.173. The molecule has 0 saturated heterocycles. The van der Waals surface area contributed by atoms with Crippen molar-refractivity contribution in [2.45, 2.75) is 18.9 Å². The maximum Gasteiger partial charge on any atom is 0.157 e. The molecule has 0 aliphatic carbocycles. The maximum atomic E-state index is 9.76. The lowest BCUT2D eigenvalue weighted by Crippen LogP contribution is -2.15. The summed E-state index contributed by atoms with van der Waals surface area (Å²) in [4.78, 5) is 0. The second kappa shape index (κ2) is 4.52. The summed E-state index contributed by atoms with van der Waals surface area (Å²) in [6.45, 7) is 0. The van der Waals surface area contributed by atoms with E-state index in [1.807, 2.05) is 0 Å². The third-order valence-electron chi connectivity index (χ3n) is 3.47. The highest BCUT2D eigenvalue weighted by molar-refractivity contribution is 5.51. The van der Waals surface area contributed by atoms with Crippen LogP contribution in [0.15, 0.2) is 30.3 Å². The van der Waals surface area contributed by atoms with Gasteiger partial charge in [0.25, 0.3) is 0 Å². The summed E-state index contributed by atoms with van der Waals surface area (Å²) in [6, 6.07) is 7.28. The monoisotopic (exact) mass is 274 g/mol. The summed E-state index contributed by atoms with van der Waals surface area (Å²) in [7, 11) is 0. The van der Waals surface area contributed by atoms with Gasteiger partial charge in [0.2, 0.25) is 0 Å². The molecule has 1 heterocycles. The van der Waals surface area contributed by atoms with Gasteiger partial charge in [-0.15, -0.1) is 0 Å². The largest absolute Gasteiger partial charge is 0.508 e. The first kappa shape index (κ1) is 12.5. The summed E-state index contributed by atoms with van der Waals surface area (Å²) >= 11 is 0. The number of hydrogen-bond acceptors (Lipinski definition) is 5. The SMILES string of the molecule is Oc1cc(O)c2c(c1)O[C@H](c1ccc(O)c(O)c1)CC2. The molecule has 0 aromatic heterocycles. The molecule has 0 bridgehead atoms. The smallest absolute Gasteiger partial charge is 0.157 e. The van der Waals surface area contributed by atoms with Crippen molar-refractivity contribution in [1.82, 2.24) is 0 Å². The number of aromatic hydroxyl groups is 4. The van der Waals surface area contributed by atoms with E-state index in [0.717, 1.165) is 5.56 Å². The standard InChI is InChI=1S/C15H14O5/c16-9-6-12(18)10-2-4-14(20-15(10)7-9)8-1-3-11(17)13(19)5-8/h1,3,5-7,14,16-19H,2,4H2/t14-/m0/s1. The number of phenolic OH excluding ortho intramolecular Hbond substituents is 4. The molecule has 104 valence electrons. The Morgan fingerprint density at radius 2 is 1.70 bits per heavy atom. The highest BCUT2D eigenvalue weighted by Crippen LogP contribution is 2.42. The number of rotatable bonds is 1. The first-order valence-corrected chi connectivity index (χ1v) is 6.28. The minimum Gasteiger partial charge on any atom is -0.508 e. The molecule has 4 N–H and O–H groups in total. The van der Waals surface area contributed by atoms with Crippen molar-refractivity contribution in [2.75, 3.05) is 0 Å². The normalized spacial score (nSPS) is 17.3. The van der Waals surface area contributed by atoms with Crippen molar-refractivity contribution in [2.24, 2.45) is 0 Å². The number of fused-ring (bicyclic) bond motifs is 1. The molecular weight excluding hydrogens is 260 g/mol. The van der Waals surface area contributed by atoms with Gasteiger partial charge < -0.3 is 25.2 Å². The molecule has 1 atom stereocenters. The molecule has 0 unspecified atom stereocenters. The second-order valence-electron chi connectivity index (χ2n) is 4.83. The average molecular weight is 274 g/mol. The van der Waals surface area contributed by atoms with E-state index < -0.39 is 0 Å². The van der Waals surface area contributed by atoms with Crippen LogP contribution in [-0.4, -0.2) is 20.4 Å². The van der Waals surface area contributed by atoms with Crippen LogP contribution in [0.5, 0.6) is 28.7 Å². The predicted octanol–water partition coefficient (Wildman–Crippen LogP) is 2.58. The molecule has 0 spiro atoms. The second-order valence-corrected chi connectivity index (χ2v) is 4.83. The van der Waals surface area contributed by atoms with E-state index in [-0.39, 0.29) is 29.1 Å². The first-order valence-electron chi connectivity index (χ1n) is 6.28. The molecule has 0 saturated carbocycles. The van der Waals surface area contributed by atoms with Crippen molar-refractivity contribution in [3.8, 4) is 28.7 Å². The number of phenols is 4. The maximum absolute atomic E-state index is 9.76. The topological polar surface area (TPSA) is 90.2 Å². The Morgan fingerprint density at radius 1 is 0.900 bits per heavy atom. The Kier molecular flexibility index (Phi) is 2.82. The van der Waals surface area contributed by atoms with Gasteiger partial charge >= 0.3 is 0 Å². The molecule has 2 aromatic rings. The highest BCUT2D eigenvalue weighted by Gasteiger charge is 2.24. The summed E-state index contributed by atoms with van der Waals surface area (Å²) in [6.07, 6.45) is 0.943. The number of benzene rings is 2.